The Balaban J connectivity index is 1.77. The zero-order valence-corrected chi connectivity index (χ0v) is 11.7. The van der Waals surface area contributed by atoms with Crippen LogP contribution in [0.15, 0.2) is 30.3 Å². The molecule has 0 spiro atoms. The number of nitrogens with zero attached hydrogens (tertiary/aromatic N) is 2. The number of hydrogen-bond acceptors (Lipinski definition) is 3. The predicted octanol–water partition coefficient (Wildman–Crippen LogP) is 1.98. The molecule has 1 N–H and O–H groups in total. The summed E-state index contributed by atoms with van der Waals surface area (Å²) in [5.41, 5.74) is 1.13. The second-order valence-corrected chi connectivity index (χ2v) is 5.85. The Bertz CT molecular complexity index is 463. The van der Waals surface area contributed by atoms with Gasteiger partial charge in [0.2, 0.25) is 0 Å². The summed E-state index contributed by atoms with van der Waals surface area (Å²) in [7, 11) is 0. The van der Waals surface area contributed by atoms with Gasteiger partial charge in [-0.3, -0.25) is 14.6 Å². The highest BCUT2D eigenvalue weighted by molar-refractivity contribution is 5.68. The molecule has 0 amide bonds. The molecule has 2 aliphatic rings. The second kappa shape index (κ2) is 5.94. The zero-order valence-electron chi connectivity index (χ0n) is 11.7. The minimum atomic E-state index is -0.715. The van der Waals surface area contributed by atoms with Crippen molar-refractivity contribution < 1.29 is 9.90 Å². The first kappa shape index (κ1) is 13.6. The molecule has 2 unspecified atom stereocenters. The van der Waals surface area contributed by atoms with Crippen LogP contribution in [-0.4, -0.2) is 53.1 Å². The second-order valence-electron chi connectivity index (χ2n) is 5.85. The molecule has 0 bridgehead atoms. The number of aliphatic carboxylic acids is 1. The first-order valence-electron chi connectivity index (χ1n) is 7.49. The maximum absolute atomic E-state index is 11.2. The summed E-state index contributed by atoms with van der Waals surface area (Å²) in [6, 6.07) is 10.7. The molecule has 3 rings (SSSR count). The van der Waals surface area contributed by atoms with Gasteiger partial charge in [0.05, 0.1) is 6.42 Å². The number of carboxylic acid groups (broad SMARTS) is 1. The molecular formula is C16H22N2O2. The molecule has 2 atom stereocenters. The quantitative estimate of drug-likeness (QED) is 0.912. The van der Waals surface area contributed by atoms with Gasteiger partial charge >= 0.3 is 5.97 Å². The summed E-state index contributed by atoms with van der Waals surface area (Å²) in [5.74, 6) is -0.715. The van der Waals surface area contributed by atoms with Crippen LogP contribution in [0.25, 0.3) is 0 Å². The smallest absolute Gasteiger partial charge is 0.305 e. The standard InChI is InChI=1S/C16H22N2O2/c19-16(20)11-15(13-5-2-1-3-6-13)18-10-9-17-8-4-7-14(17)12-18/h1-3,5-6,14-15H,4,7-12H2,(H,19,20). The van der Waals surface area contributed by atoms with Gasteiger partial charge in [-0.05, 0) is 24.9 Å². The summed E-state index contributed by atoms with van der Waals surface area (Å²) >= 11 is 0. The minimum absolute atomic E-state index is 0.0106. The fourth-order valence-corrected chi connectivity index (χ4v) is 3.60. The van der Waals surface area contributed by atoms with E-state index in [4.69, 9.17) is 0 Å². The molecule has 1 aromatic rings. The van der Waals surface area contributed by atoms with Crippen molar-refractivity contribution in [1.29, 1.82) is 0 Å². The summed E-state index contributed by atoms with van der Waals surface area (Å²) in [5, 5.41) is 9.23. The van der Waals surface area contributed by atoms with E-state index in [9.17, 15) is 9.90 Å². The lowest BCUT2D eigenvalue weighted by atomic mass is 9.99. The van der Waals surface area contributed by atoms with Gasteiger partial charge in [-0.25, -0.2) is 0 Å². The molecule has 2 heterocycles. The summed E-state index contributed by atoms with van der Waals surface area (Å²) in [6.45, 7) is 4.28. The van der Waals surface area contributed by atoms with Crippen molar-refractivity contribution in [3.05, 3.63) is 35.9 Å². The summed E-state index contributed by atoms with van der Waals surface area (Å²) in [6.07, 6.45) is 2.73. The van der Waals surface area contributed by atoms with Crippen LogP contribution < -0.4 is 0 Å². The Kier molecular flexibility index (Phi) is 4.03. The van der Waals surface area contributed by atoms with Crippen molar-refractivity contribution in [2.24, 2.45) is 0 Å². The number of benzene rings is 1. The normalized spacial score (nSPS) is 25.3. The maximum atomic E-state index is 11.2. The van der Waals surface area contributed by atoms with E-state index < -0.39 is 5.97 Å². The third-order valence-corrected chi connectivity index (χ3v) is 4.61. The van der Waals surface area contributed by atoms with Crippen LogP contribution in [0.3, 0.4) is 0 Å². The largest absolute Gasteiger partial charge is 0.481 e. The zero-order chi connectivity index (χ0) is 13.9. The highest BCUT2D eigenvalue weighted by atomic mass is 16.4. The third kappa shape index (κ3) is 2.86. The monoisotopic (exact) mass is 274 g/mol. The Morgan fingerprint density at radius 2 is 2.05 bits per heavy atom. The van der Waals surface area contributed by atoms with Crippen molar-refractivity contribution in [3.63, 3.8) is 0 Å². The van der Waals surface area contributed by atoms with Crippen molar-refractivity contribution in [1.82, 2.24) is 9.80 Å². The highest BCUT2D eigenvalue weighted by Crippen LogP contribution is 2.30. The van der Waals surface area contributed by atoms with Gasteiger partial charge < -0.3 is 5.11 Å². The fraction of sp³-hybridized carbons (Fsp3) is 0.562. The van der Waals surface area contributed by atoms with Gasteiger partial charge in [0.25, 0.3) is 0 Å². The van der Waals surface area contributed by atoms with Gasteiger partial charge in [-0.15, -0.1) is 0 Å². The van der Waals surface area contributed by atoms with E-state index in [0.717, 1.165) is 25.2 Å². The Hall–Kier alpha value is -1.39. The lowest BCUT2D eigenvalue weighted by Crippen LogP contribution is -2.51. The molecule has 0 aromatic heterocycles. The lowest BCUT2D eigenvalue weighted by molar-refractivity contribution is -0.138. The van der Waals surface area contributed by atoms with E-state index >= 15 is 0 Å². The van der Waals surface area contributed by atoms with Crippen LogP contribution in [0.1, 0.15) is 30.9 Å². The molecular weight excluding hydrogens is 252 g/mol. The van der Waals surface area contributed by atoms with Gasteiger partial charge in [-0.2, -0.15) is 0 Å². The average molecular weight is 274 g/mol. The number of piperazine rings is 1. The van der Waals surface area contributed by atoms with Crippen LogP contribution in [0.5, 0.6) is 0 Å². The molecule has 2 saturated heterocycles. The first-order valence-corrected chi connectivity index (χ1v) is 7.49. The molecule has 20 heavy (non-hydrogen) atoms. The van der Waals surface area contributed by atoms with Gasteiger partial charge in [0, 0.05) is 31.7 Å². The summed E-state index contributed by atoms with van der Waals surface area (Å²) in [4.78, 5) is 16.1. The van der Waals surface area contributed by atoms with Crippen LogP contribution in [0.4, 0.5) is 0 Å². The first-order chi connectivity index (χ1) is 9.74. The van der Waals surface area contributed by atoms with Crippen LogP contribution in [-0.2, 0) is 4.79 Å². The average Bonchev–Trinajstić information content (AvgIpc) is 2.93. The van der Waals surface area contributed by atoms with E-state index in [2.05, 4.69) is 21.9 Å². The van der Waals surface area contributed by atoms with Crippen LogP contribution >= 0.6 is 0 Å². The minimum Gasteiger partial charge on any atom is -0.481 e. The third-order valence-electron chi connectivity index (χ3n) is 4.61. The van der Waals surface area contributed by atoms with E-state index in [1.54, 1.807) is 0 Å². The highest BCUT2D eigenvalue weighted by Gasteiger charge is 2.34. The molecule has 108 valence electrons. The van der Waals surface area contributed by atoms with Crippen molar-refractivity contribution in [2.45, 2.75) is 31.3 Å². The topological polar surface area (TPSA) is 43.8 Å². The predicted molar refractivity (Wildman–Crippen MR) is 77.6 cm³/mol. The molecule has 1 aromatic carbocycles. The van der Waals surface area contributed by atoms with Crippen LogP contribution in [0.2, 0.25) is 0 Å². The van der Waals surface area contributed by atoms with Gasteiger partial charge in [0.15, 0.2) is 0 Å². The van der Waals surface area contributed by atoms with E-state index in [1.165, 1.54) is 19.4 Å². The number of rotatable bonds is 4. The van der Waals surface area contributed by atoms with E-state index in [0.29, 0.717) is 6.04 Å². The Morgan fingerprint density at radius 3 is 2.80 bits per heavy atom. The number of fused-ring (bicyclic) bond motifs is 1. The number of carbonyl (C=O) groups is 1. The van der Waals surface area contributed by atoms with Crippen molar-refractivity contribution in [2.75, 3.05) is 26.2 Å². The maximum Gasteiger partial charge on any atom is 0.305 e. The lowest BCUT2D eigenvalue weighted by Gasteiger charge is -2.41. The molecule has 2 aliphatic heterocycles. The van der Waals surface area contributed by atoms with Crippen molar-refractivity contribution >= 4 is 5.97 Å². The number of carboxylic acids is 1. The SMILES string of the molecule is O=C(O)CC(c1ccccc1)N1CCN2CCCC2C1. The molecule has 4 nitrogen and oxygen atoms in total. The number of hydrogen-bond donors (Lipinski definition) is 1. The fourth-order valence-electron chi connectivity index (χ4n) is 3.60. The Labute approximate surface area is 120 Å². The Morgan fingerprint density at radius 1 is 1.25 bits per heavy atom. The van der Waals surface area contributed by atoms with Gasteiger partial charge in [-0.1, -0.05) is 30.3 Å². The molecule has 0 radical (unpaired) electrons. The molecule has 4 heteroatoms. The molecule has 0 aliphatic carbocycles. The van der Waals surface area contributed by atoms with E-state index in [-0.39, 0.29) is 12.5 Å². The van der Waals surface area contributed by atoms with Crippen LogP contribution in [0, 0.1) is 0 Å². The van der Waals surface area contributed by atoms with Crippen molar-refractivity contribution in [3.8, 4) is 0 Å². The van der Waals surface area contributed by atoms with Gasteiger partial charge in [0.1, 0.15) is 0 Å². The molecule has 2 fully saturated rings. The van der Waals surface area contributed by atoms with E-state index in [1.807, 2.05) is 18.2 Å². The molecule has 0 saturated carbocycles. The summed E-state index contributed by atoms with van der Waals surface area (Å²) < 4.78 is 0.